The number of fused-ring (bicyclic) bond motifs is 3. The Morgan fingerprint density at radius 2 is 0.921 bits per heavy atom. The highest BCUT2D eigenvalue weighted by molar-refractivity contribution is 5.89. The molecule has 7 rings (SSSR count). The summed E-state index contributed by atoms with van der Waals surface area (Å²) in [7, 11) is 0. The number of nitrogens with one attached hydrogen (secondary N) is 1. The van der Waals surface area contributed by atoms with Crippen molar-refractivity contribution >= 4 is 11.4 Å². The van der Waals surface area contributed by atoms with Crippen molar-refractivity contribution < 1.29 is 0 Å². The third-order valence-electron chi connectivity index (χ3n) is 7.75. The fourth-order valence-corrected chi connectivity index (χ4v) is 6.14. The molecule has 6 aromatic carbocycles. The van der Waals surface area contributed by atoms with Crippen LogP contribution in [0.4, 0.5) is 11.4 Å². The Labute approximate surface area is 224 Å². The molecule has 0 atom stereocenters. The van der Waals surface area contributed by atoms with E-state index in [1.807, 2.05) is 0 Å². The van der Waals surface area contributed by atoms with Gasteiger partial charge in [-0.15, -0.1) is 0 Å². The van der Waals surface area contributed by atoms with Gasteiger partial charge in [-0.2, -0.15) is 0 Å². The molecule has 0 fully saturated rings. The standard InChI is InChI=1S/C37H27N/c1-4-14-27(15-5-1)31-20-11-13-23-36(31)38-30-24-25-33-32-21-10-12-22-34(32)37(35(33)26-30,28-16-6-2-7-17-28)29-18-8-3-9-19-29/h1-26,38H. The number of benzene rings is 6. The number of rotatable bonds is 5. The summed E-state index contributed by atoms with van der Waals surface area (Å²) in [5.74, 6) is 0. The number of hydrogen-bond acceptors (Lipinski definition) is 1. The monoisotopic (exact) mass is 485 g/mol. The molecule has 1 heteroatoms. The zero-order valence-corrected chi connectivity index (χ0v) is 21.0. The predicted octanol–water partition coefficient (Wildman–Crippen LogP) is 9.46. The molecule has 0 aliphatic heterocycles. The lowest BCUT2D eigenvalue weighted by Crippen LogP contribution is -2.28. The smallest absolute Gasteiger partial charge is 0.0714 e. The van der Waals surface area contributed by atoms with E-state index in [-0.39, 0.29) is 0 Å². The molecular weight excluding hydrogens is 458 g/mol. The first-order valence-electron chi connectivity index (χ1n) is 13.1. The van der Waals surface area contributed by atoms with Crippen LogP contribution in [0.5, 0.6) is 0 Å². The van der Waals surface area contributed by atoms with Crippen molar-refractivity contribution in [1.29, 1.82) is 0 Å². The molecule has 0 saturated heterocycles. The molecule has 0 radical (unpaired) electrons. The molecule has 1 N–H and O–H groups in total. The summed E-state index contributed by atoms with van der Waals surface area (Å²) in [5.41, 5.74) is 11.9. The van der Waals surface area contributed by atoms with E-state index in [1.165, 1.54) is 44.5 Å². The molecular formula is C37H27N. The Kier molecular flexibility index (Phi) is 5.41. The van der Waals surface area contributed by atoms with Crippen LogP contribution in [0.2, 0.25) is 0 Å². The molecule has 0 heterocycles. The Hall–Kier alpha value is -4.88. The van der Waals surface area contributed by atoms with E-state index in [2.05, 4.69) is 163 Å². The highest BCUT2D eigenvalue weighted by atomic mass is 14.9. The molecule has 0 saturated carbocycles. The van der Waals surface area contributed by atoms with Crippen LogP contribution in [-0.2, 0) is 5.41 Å². The highest BCUT2D eigenvalue weighted by Crippen LogP contribution is 2.56. The summed E-state index contributed by atoms with van der Waals surface area (Å²) in [6.07, 6.45) is 0. The SMILES string of the molecule is c1ccc(-c2ccccc2Nc2ccc3c(c2)C(c2ccccc2)(c2ccccc2)c2ccccc2-3)cc1. The molecule has 180 valence electrons. The van der Waals surface area contributed by atoms with E-state index >= 15 is 0 Å². The lowest BCUT2D eigenvalue weighted by Gasteiger charge is -2.34. The first kappa shape index (κ1) is 22.3. The third-order valence-corrected chi connectivity index (χ3v) is 7.75. The number of anilines is 2. The van der Waals surface area contributed by atoms with E-state index in [1.54, 1.807) is 0 Å². The van der Waals surface area contributed by atoms with Crippen LogP contribution in [0.1, 0.15) is 22.3 Å². The van der Waals surface area contributed by atoms with Crippen molar-refractivity contribution in [3.8, 4) is 22.3 Å². The van der Waals surface area contributed by atoms with Gasteiger partial charge >= 0.3 is 0 Å². The molecule has 38 heavy (non-hydrogen) atoms. The van der Waals surface area contributed by atoms with Crippen molar-refractivity contribution in [2.24, 2.45) is 0 Å². The Balaban J connectivity index is 1.44. The molecule has 0 aromatic heterocycles. The number of hydrogen-bond donors (Lipinski definition) is 1. The minimum atomic E-state index is -0.398. The second-order valence-electron chi connectivity index (χ2n) is 9.82. The van der Waals surface area contributed by atoms with Crippen LogP contribution in [0.15, 0.2) is 158 Å². The second-order valence-corrected chi connectivity index (χ2v) is 9.82. The van der Waals surface area contributed by atoms with E-state index in [0.717, 1.165) is 11.4 Å². The fourth-order valence-electron chi connectivity index (χ4n) is 6.14. The maximum absolute atomic E-state index is 3.77. The van der Waals surface area contributed by atoms with E-state index in [0.29, 0.717) is 0 Å². The van der Waals surface area contributed by atoms with Gasteiger partial charge < -0.3 is 5.32 Å². The Bertz CT molecular complexity index is 1680. The van der Waals surface area contributed by atoms with Crippen LogP contribution in [0.25, 0.3) is 22.3 Å². The Morgan fingerprint density at radius 1 is 0.395 bits per heavy atom. The van der Waals surface area contributed by atoms with Crippen LogP contribution in [0.3, 0.4) is 0 Å². The molecule has 0 unspecified atom stereocenters. The maximum Gasteiger partial charge on any atom is 0.0714 e. The zero-order valence-electron chi connectivity index (χ0n) is 21.0. The highest BCUT2D eigenvalue weighted by Gasteiger charge is 2.45. The molecule has 6 aromatic rings. The minimum absolute atomic E-state index is 0.398. The summed E-state index contributed by atoms with van der Waals surface area (Å²) in [6.45, 7) is 0. The molecule has 0 bridgehead atoms. The first-order chi connectivity index (χ1) is 18.9. The van der Waals surface area contributed by atoms with E-state index in [4.69, 9.17) is 0 Å². The van der Waals surface area contributed by atoms with Crippen LogP contribution < -0.4 is 5.32 Å². The summed E-state index contributed by atoms with van der Waals surface area (Å²) in [5, 5.41) is 3.77. The van der Waals surface area contributed by atoms with Gasteiger partial charge in [0.1, 0.15) is 0 Å². The predicted molar refractivity (Wildman–Crippen MR) is 159 cm³/mol. The summed E-state index contributed by atoms with van der Waals surface area (Å²) in [4.78, 5) is 0. The van der Waals surface area contributed by atoms with Gasteiger partial charge in [-0.3, -0.25) is 0 Å². The van der Waals surface area contributed by atoms with Crippen LogP contribution in [-0.4, -0.2) is 0 Å². The largest absolute Gasteiger partial charge is 0.355 e. The average molecular weight is 486 g/mol. The molecule has 1 nitrogen and oxygen atoms in total. The van der Waals surface area contributed by atoms with Crippen molar-refractivity contribution in [2.75, 3.05) is 5.32 Å². The zero-order chi connectivity index (χ0) is 25.4. The Morgan fingerprint density at radius 3 is 1.61 bits per heavy atom. The quantitative estimate of drug-likeness (QED) is 0.256. The van der Waals surface area contributed by atoms with Gasteiger partial charge in [0.2, 0.25) is 0 Å². The van der Waals surface area contributed by atoms with Crippen molar-refractivity contribution in [3.63, 3.8) is 0 Å². The maximum atomic E-state index is 3.77. The van der Waals surface area contributed by atoms with Crippen molar-refractivity contribution in [1.82, 2.24) is 0 Å². The summed E-state index contributed by atoms with van der Waals surface area (Å²) < 4.78 is 0. The van der Waals surface area contributed by atoms with Gasteiger partial charge in [-0.1, -0.05) is 140 Å². The lowest BCUT2D eigenvalue weighted by molar-refractivity contribution is 0.769. The first-order valence-corrected chi connectivity index (χ1v) is 13.1. The van der Waals surface area contributed by atoms with Crippen LogP contribution in [0, 0.1) is 0 Å². The molecule has 1 aliphatic carbocycles. The average Bonchev–Trinajstić information content (AvgIpc) is 3.29. The topological polar surface area (TPSA) is 12.0 Å². The van der Waals surface area contributed by atoms with Crippen LogP contribution >= 0.6 is 0 Å². The van der Waals surface area contributed by atoms with E-state index < -0.39 is 5.41 Å². The third kappa shape index (κ3) is 3.48. The lowest BCUT2D eigenvalue weighted by atomic mass is 9.67. The van der Waals surface area contributed by atoms with Gasteiger partial charge in [0.05, 0.1) is 5.41 Å². The number of para-hydroxylation sites is 1. The van der Waals surface area contributed by atoms with Crippen molar-refractivity contribution in [3.05, 3.63) is 180 Å². The van der Waals surface area contributed by atoms with E-state index in [9.17, 15) is 0 Å². The van der Waals surface area contributed by atoms with Gasteiger partial charge in [0, 0.05) is 16.9 Å². The normalized spacial score (nSPS) is 12.9. The summed E-state index contributed by atoms with van der Waals surface area (Å²) in [6, 6.07) is 56.7. The minimum Gasteiger partial charge on any atom is -0.355 e. The molecule has 0 spiro atoms. The van der Waals surface area contributed by atoms with Gasteiger partial charge in [0.25, 0.3) is 0 Å². The van der Waals surface area contributed by atoms with Gasteiger partial charge in [0.15, 0.2) is 0 Å². The fraction of sp³-hybridized carbons (Fsp3) is 0.0270. The summed E-state index contributed by atoms with van der Waals surface area (Å²) >= 11 is 0. The van der Waals surface area contributed by atoms with Gasteiger partial charge in [-0.25, -0.2) is 0 Å². The van der Waals surface area contributed by atoms with Crippen molar-refractivity contribution in [2.45, 2.75) is 5.41 Å². The molecule has 1 aliphatic rings. The van der Waals surface area contributed by atoms with Gasteiger partial charge in [-0.05, 0) is 57.1 Å². The molecule has 0 amide bonds. The second kappa shape index (κ2) is 9.21.